The molecule has 0 aliphatic carbocycles. The van der Waals surface area contributed by atoms with E-state index in [0.29, 0.717) is 12.8 Å². The SMILES string of the molecule is CC(=O)CCCOP(=O)(O)O.CN.c1ccc2ncccc2c1. The Morgan fingerprint density at radius 3 is 2.39 bits per heavy atom. The van der Waals surface area contributed by atoms with Crippen LogP contribution in [-0.2, 0) is 13.9 Å². The lowest BCUT2D eigenvalue weighted by molar-refractivity contribution is -0.117. The molecule has 1 heterocycles. The van der Waals surface area contributed by atoms with Crippen molar-refractivity contribution in [1.82, 2.24) is 4.98 Å². The van der Waals surface area contributed by atoms with Crippen molar-refractivity contribution in [3.8, 4) is 0 Å². The number of para-hydroxylation sites is 1. The first-order chi connectivity index (χ1) is 10.9. The van der Waals surface area contributed by atoms with Crippen LogP contribution in [0.25, 0.3) is 10.9 Å². The number of hydrogen-bond acceptors (Lipinski definition) is 5. The Balaban J connectivity index is 0.000000380. The van der Waals surface area contributed by atoms with Crippen molar-refractivity contribution in [1.29, 1.82) is 0 Å². The molecule has 4 N–H and O–H groups in total. The number of hydrogen-bond donors (Lipinski definition) is 3. The number of phosphoric acid groups is 1. The summed E-state index contributed by atoms with van der Waals surface area (Å²) in [6.45, 7) is 1.33. The molecule has 1 aromatic heterocycles. The highest BCUT2D eigenvalue weighted by atomic mass is 31.2. The number of ketones is 1. The Bertz CT molecular complexity index is 565. The fraction of sp³-hybridized carbons (Fsp3) is 0.333. The highest BCUT2D eigenvalue weighted by Gasteiger charge is 2.12. The van der Waals surface area contributed by atoms with Crippen LogP contribution in [0.4, 0.5) is 0 Å². The van der Waals surface area contributed by atoms with Crippen molar-refractivity contribution in [2.75, 3.05) is 13.7 Å². The molecule has 7 nitrogen and oxygen atoms in total. The highest BCUT2D eigenvalue weighted by molar-refractivity contribution is 7.46. The van der Waals surface area contributed by atoms with Crippen LogP contribution in [0.2, 0.25) is 0 Å². The lowest BCUT2D eigenvalue weighted by atomic mass is 10.2. The van der Waals surface area contributed by atoms with Crippen molar-refractivity contribution in [2.45, 2.75) is 19.8 Å². The number of pyridine rings is 1. The van der Waals surface area contributed by atoms with Gasteiger partial charge in [-0.3, -0.25) is 9.51 Å². The third-order valence-electron chi connectivity index (χ3n) is 2.44. The van der Waals surface area contributed by atoms with Crippen molar-refractivity contribution in [2.24, 2.45) is 5.73 Å². The summed E-state index contributed by atoms with van der Waals surface area (Å²) in [6.07, 6.45) is 2.45. The Morgan fingerprint density at radius 2 is 1.83 bits per heavy atom. The third-order valence-corrected chi connectivity index (χ3v) is 2.96. The van der Waals surface area contributed by atoms with Crippen LogP contribution in [0.15, 0.2) is 42.6 Å². The number of phosphoric ester groups is 1. The fourth-order valence-electron chi connectivity index (χ4n) is 1.52. The minimum absolute atomic E-state index is 0.0145. The highest BCUT2D eigenvalue weighted by Crippen LogP contribution is 2.35. The van der Waals surface area contributed by atoms with Gasteiger partial charge in [-0.15, -0.1) is 0 Å². The molecule has 0 saturated carbocycles. The second-order valence-corrected chi connectivity index (χ2v) is 5.56. The van der Waals surface area contributed by atoms with Gasteiger partial charge < -0.3 is 20.3 Å². The average Bonchev–Trinajstić information content (AvgIpc) is 2.53. The van der Waals surface area contributed by atoms with Gasteiger partial charge in [0.15, 0.2) is 0 Å². The molecule has 0 amide bonds. The summed E-state index contributed by atoms with van der Waals surface area (Å²) in [5.74, 6) is -0.0145. The largest absolute Gasteiger partial charge is 0.469 e. The second kappa shape index (κ2) is 11.9. The van der Waals surface area contributed by atoms with Gasteiger partial charge in [-0.1, -0.05) is 24.3 Å². The molecule has 0 aliphatic rings. The molecule has 8 heteroatoms. The maximum absolute atomic E-state index is 10.3. The maximum atomic E-state index is 10.3. The first-order valence-electron chi connectivity index (χ1n) is 6.95. The molecule has 0 atom stereocenters. The summed E-state index contributed by atoms with van der Waals surface area (Å²) in [4.78, 5) is 30.9. The van der Waals surface area contributed by atoms with Gasteiger partial charge in [0.25, 0.3) is 0 Å². The second-order valence-electron chi connectivity index (χ2n) is 4.33. The first kappa shape index (κ1) is 21.4. The van der Waals surface area contributed by atoms with E-state index in [9.17, 15) is 9.36 Å². The van der Waals surface area contributed by atoms with E-state index in [2.05, 4.69) is 27.4 Å². The van der Waals surface area contributed by atoms with Gasteiger partial charge in [-0.05, 0) is 32.5 Å². The lowest BCUT2D eigenvalue weighted by Gasteiger charge is -2.02. The molecule has 0 unspecified atom stereocenters. The van der Waals surface area contributed by atoms with E-state index in [4.69, 9.17) is 9.79 Å². The molecule has 0 saturated heterocycles. The van der Waals surface area contributed by atoms with Gasteiger partial charge >= 0.3 is 7.82 Å². The fourth-order valence-corrected chi connectivity index (χ4v) is 1.89. The van der Waals surface area contributed by atoms with Crippen LogP contribution >= 0.6 is 7.82 Å². The summed E-state index contributed by atoms with van der Waals surface area (Å²) < 4.78 is 14.2. The number of nitrogens with two attached hydrogens (primary N) is 1. The predicted molar refractivity (Wildman–Crippen MR) is 89.8 cm³/mol. The Morgan fingerprint density at radius 1 is 1.22 bits per heavy atom. The molecular weight excluding hydrogens is 319 g/mol. The van der Waals surface area contributed by atoms with E-state index in [0.717, 1.165) is 5.52 Å². The van der Waals surface area contributed by atoms with E-state index in [-0.39, 0.29) is 12.4 Å². The van der Waals surface area contributed by atoms with Gasteiger partial charge in [0.05, 0.1) is 12.1 Å². The molecule has 1 aromatic carbocycles. The summed E-state index contributed by atoms with van der Waals surface area (Å²) >= 11 is 0. The zero-order chi connectivity index (χ0) is 17.7. The van der Waals surface area contributed by atoms with Gasteiger partial charge in [0, 0.05) is 18.0 Å². The van der Waals surface area contributed by atoms with Crippen LogP contribution < -0.4 is 5.73 Å². The van der Waals surface area contributed by atoms with Crippen LogP contribution in [0.5, 0.6) is 0 Å². The number of carbonyl (C=O) groups excluding carboxylic acids is 1. The molecule has 2 rings (SSSR count). The van der Waals surface area contributed by atoms with Gasteiger partial charge in [-0.2, -0.15) is 0 Å². The molecular formula is C15H23N2O5P. The normalized spacial score (nSPS) is 10.1. The molecule has 0 bridgehead atoms. The average molecular weight is 342 g/mol. The molecule has 23 heavy (non-hydrogen) atoms. The summed E-state index contributed by atoms with van der Waals surface area (Å²) in [5.41, 5.74) is 5.56. The number of Topliss-reactive ketones (excluding diaryl/α,β-unsaturated/α-hetero) is 1. The molecule has 2 aromatic rings. The number of nitrogens with zero attached hydrogens (tertiary/aromatic N) is 1. The first-order valence-corrected chi connectivity index (χ1v) is 8.48. The number of benzene rings is 1. The van der Waals surface area contributed by atoms with Crippen molar-refractivity contribution < 1.29 is 23.7 Å². The summed E-state index contributed by atoms with van der Waals surface area (Å²) in [6, 6.07) is 12.1. The molecule has 128 valence electrons. The zero-order valence-corrected chi connectivity index (χ0v) is 14.1. The Hall–Kier alpha value is -1.63. The summed E-state index contributed by atoms with van der Waals surface area (Å²) in [5, 5.41) is 1.20. The topological polar surface area (TPSA) is 123 Å². The zero-order valence-electron chi connectivity index (χ0n) is 13.3. The molecule has 0 aliphatic heterocycles. The maximum Gasteiger partial charge on any atom is 0.469 e. The minimum Gasteiger partial charge on any atom is -0.333 e. The molecule has 0 fully saturated rings. The van der Waals surface area contributed by atoms with Crippen molar-refractivity contribution >= 4 is 24.5 Å². The van der Waals surface area contributed by atoms with E-state index in [1.807, 2.05) is 30.5 Å². The minimum atomic E-state index is -4.34. The number of carbonyl (C=O) groups is 1. The monoisotopic (exact) mass is 342 g/mol. The van der Waals surface area contributed by atoms with Gasteiger partial charge in [0.2, 0.25) is 0 Å². The number of rotatable bonds is 5. The number of fused-ring (bicyclic) bond motifs is 1. The summed E-state index contributed by atoms with van der Waals surface area (Å²) in [7, 11) is -2.84. The van der Waals surface area contributed by atoms with Crippen molar-refractivity contribution in [3.05, 3.63) is 42.6 Å². The lowest BCUT2D eigenvalue weighted by Crippen LogP contribution is -1.96. The van der Waals surface area contributed by atoms with Crippen molar-refractivity contribution in [3.63, 3.8) is 0 Å². The van der Waals surface area contributed by atoms with E-state index in [1.165, 1.54) is 19.4 Å². The Labute approximate surface area is 135 Å². The Kier molecular flexibility index (Phi) is 11.0. The van der Waals surface area contributed by atoms with Gasteiger partial charge in [0.1, 0.15) is 5.78 Å². The van der Waals surface area contributed by atoms with Crippen LogP contribution in [-0.4, -0.2) is 34.2 Å². The smallest absolute Gasteiger partial charge is 0.333 e. The van der Waals surface area contributed by atoms with E-state index >= 15 is 0 Å². The number of aromatic nitrogens is 1. The molecule has 0 spiro atoms. The van der Waals surface area contributed by atoms with Crippen LogP contribution in [0.3, 0.4) is 0 Å². The van der Waals surface area contributed by atoms with E-state index < -0.39 is 7.82 Å². The van der Waals surface area contributed by atoms with Gasteiger partial charge in [-0.25, -0.2) is 4.57 Å². The molecule has 0 radical (unpaired) electrons. The van der Waals surface area contributed by atoms with E-state index in [1.54, 1.807) is 0 Å². The standard InChI is InChI=1S/C9H7N.C5H11O5P.CH5N/c1-2-6-9-8(4-1)5-3-7-10-9;1-5(6)3-2-4-10-11(7,8)9;1-2/h1-7H;2-4H2,1H3,(H2,7,8,9);2H2,1H3. The quantitative estimate of drug-likeness (QED) is 0.562. The van der Waals surface area contributed by atoms with Crippen LogP contribution in [0.1, 0.15) is 19.8 Å². The third kappa shape index (κ3) is 11.6. The predicted octanol–water partition coefficient (Wildman–Crippen LogP) is 2.27. The van der Waals surface area contributed by atoms with Crippen LogP contribution in [0, 0.1) is 0 Å².